The van der Waals surface area contributed by atoms with Gasteiger partial charge in [-0.1, -0.05) is 30.4 Å². The van der Waals surface area contributed by atoms with Crippen LogP contribution in [0.2, 0.25) is 0 Å². The molecule has 0 atom stereocenters. The van der Waals surface area contributed by atoms with Gasteiger partial charge < -0.3 is 0 Å². The molecule has 62 valence electrons. The quantitative estimate of drug-likeness (QED) is 0.600. The minimum Gasteiger partial charge on any atom is -0.256 e. The highest BCUT2D eigenvalue weighted by Crippen LogP contribution is 1.80. The van der Waals surface area contributed by atoms with Crippen LogP contribution in [0.1, 0.15) is 13.8 Å². The smallest absolute Gasteiger partial charge is 0.0688 e. The van der Waals surface area contributed by atoms with E-state index in [-0.39, 0.29) is 0 Å². The lowest BCUT2D eigenvalue weighted by molar-refractivity contribution is 1.19. The number of nitrogens with zero attached hydrogens (tertiary/aromatic N) is 1. The minimum atomic E-state index is 1.05. The molecular formula is C11H13N. The second kappa shape index (κ2) is 3.86. The third kappa shape index (κ3) is 1.82. The van der Waals surface area contributed by atoms with E-state index in [1.54, 1.807) is 6.08 Å². The Morgan fingerprint density at radius 3 is 2.83 bits per heavy atom. The van der Waals surface area contributed by atoms with E-state index in [0.29, 0.717) is 0 Å². The molecule has 0 fully saturated rings. The lowest BCUT2D eigenvalue weighted by Gasteiger charge is -1.90. The molecule has 0 radical (unpaired) electrons. The average Bonchev–Trinajstić information content (AvgIpc) is 2.05. The highest BCUT2D eigenvalue weighted by molar-refractivity contribution is 5.41. The van der Waals surface area contributed by atoms with Gasteiger partial charge in [0.05, 0.1) is 5.35 Å². The summed E-state index contributed by atoms with van der Waals surface area (Å²) in [6, 6.07) is 3.97. The summed E-state index contributed by atoms with van der Waals surface area (Å²) >= 11 is 0. The molecule has 1 nitrogen and oxygen atoms in total. The Morgan fingerprint density at radius 1 is 1.50 bits per heavy atom. The zero-order valence-electron chi connectivity index (χ0n) is 7.54. The number of rotatable bonds is 1. The van der Waals surface area contributed by atoms with Crippen molar-refractivity contribution in [3.05, 3.63) is 41.6 Å². The summed E-state index contributed by atoms with van der Waals surface area (Å²) in [5.74, 6) is 0. The molecular weight excluding hydrogens is 146 g/mol. The van der Waals surface area contributed by atoms with E-state index < -0.39 is 0 Å². The predicted molar refractivity (Wildman–Crippen MR) is 52.9 cm³/mol. The first-order chi connectivity index (χ1) is 5.75. The summed E-state index contributed by atoms with van der Waals surface area (Å²) in [4.78, 5) is 4.28. The second-order valence-corrected chi connectivity index (χ2v) is 2.84. The molecule has 1 heteroatoms. The molecule has 0 unspecified atom stereocenters. The van der Waals surface area contributed by atoms with Gasteiger partial charge >= 0.3 is 0 Å². The predicted octanol–water partition coefficient (Wildman–Crippen LogP) is 1.24. The third-order valence-electron chi connectivity index (χ3n) is 1.61. The molecule has 1 aromatic rings. The fraction of sp³-hybridized carbons (Fsp3) is 0.182. The maximum absolute atomic E-state index is 4.28. The number of pyridine rings is 1. The van der Waals surface area contributed by atoms with E-state index in [2.05, 4.69) is 25.4 Å². The molecule has 0 aromatic carbocycles. The highest BCUT2D eigenvalue weighted by Gasteiger charge is 1.85. The fourth-order valence-corrected chi connectivity index (χ4v) is 1.10. The number of hydrogen-bond donors (Lipinski definition) is 0. The van der Waals surface area contributed by atoms with Crippen molar-refractivity contribution in [3.8, 4) is 0 Å². The number of allylic oxidation sites excluding steroid dienone is 1. The van der Waals surface area contributed by atoms with Crippen LogP contribution >= 0.6 is 0 Å². The van der Waals surface area contributed by atoms with Crippen molar-refractivity contribution in [2.24, 2.45) is 0 Å². The van der Waals surface area contributed by atoms with Crippen molar-refractivity contribution < 1.29 is 0 Å². The van der Waals surface area contributed by atoms with Crippen molar-refractivity contribution in [1.29, 1.82) is 0 Å². The van der Waals surface area contributed by atoms with Crippen LogP contribution in [-0.2, 0) is 0 Å². The first-order valence-corrected chi connectivity index (χ1v) is 3.97. The summed E-state index contributed by atoms with van der Waals surface area (Å²) in [6.45, 7) is 7.78. The molecule has 0 aliphatic carbocycles. The summed E-state index contributed by atoms with van der Waals surface area (Å²) in [7, 11) is 0. The molecule has 12 heavy (non-hydrogen) atoms. The molecule has 1 rings (SSSR count). The highest BCUT2D eigenvalue weighted by atomic mass is 14.6. The monoisotopic (exact) mass is 159 g/mol. The molecule has 0 amide bonds. The van der Waals surface area contributed by atoms with Crippen LogP contribution in [0.5, 0.6) is 0 Å². The van der Waals surface area contributed by atoms with Gasteiger partial charge in [-0.25, -0.2) is 0 Å². The van der Waals surface area contributed by atoms with Crippen molar-refractivity contribution in [3.63, 3.8) is 0 Å². The molecule has 1 aromatic heterocycles. The molecule has 0 N–H and O–H groups in total. The van der Waals surface area contributed by atoms with Gasteiger partial charge in [-0.05, 0) is 19.9 Å². The molecule has 1 heterocycles. The topological polar surface area (TPSA) is 12.9 Å². The molecule has 0 aliphatic rings. The Balaban J connectivity index is 3.60. The lowest BCUT2D eigenvalue weighted by Crippen LogP contribution is -2.28. The van der Waals surface area contributed by atoms with Crippen molar-refractivity contribution >= 4 is 11.6 Å². The van der Waals surface area contributed by atoms with Gasteiger partial charge in [-0.15, -0.1) is 0 Å². The SMILES string of the molecule is C=C/C=c1/cccnc1=C(C)C. The summed E-state index contributed by atoms with van der Waals surface area (Å²) in [5.41, 5.74) is 1.23. The Hall–Kier alpha value is -1.37. The number of aromatic nitrogens is 1. The van der Waals surface area contributed by atoms with Gasteiger partial charge in [-0.2, -0.15) is 0 Å². The minimum absolute atomic E-state index is 1.05. The Morgan fingerprint density at radius 2 is 2.25 bits per heavy atom. The van der Waals surface area contributed by atoms with Crippen LogP contribution in [0.15, 0.2) is 31.0 Å². The van der Waals surface area contributed by atoms with E-state index in [1.807, 2.05) is 24.4 Å². The zero-order chi connectivity index (χ0) is 8.97. The van der Waals surface area contributed by atoms with Crippen LogP contribution in [-0.4, -0.2) is 4.98 Å². The first kappa shape index (κ1) is 8.72. The van der Waals surface area contributed by atoms with E-state index in [0.717, 1.165) is 10.6 Å². The van der Waals surface area contributed by atoms with E-state index in [9.17, 15) is 0 Å². The molecule has 0 saturated heterocycles. The van der Waals surface area contributed by atoms with E-state index >= 15 is 0 Å². The van der Waals surface area contributed by atoms with E-state index in [4.69, 9.17) is 0 Å². The molecule has 0 aliphatic heterocycles. The summed E-state index contributed by atoms with van der Waals surface area (Å²) in [6.07, 6.45) is 5.56. The molecule has 0 bridgehead atoms. The maximum atomic E-state index is 4.28. The normalized spacial score (nSPS) is 11.3. The van der Waals surface area contributed by atoms with Gasteiger partial charge in [0, 0.05) is 11.4 Å². The first-order valence-electron chi connectivity index (χ1n) is 3.97. The largest absolute Gasteiger partial charge is 0.256 e. The van der Waals surface area contributed by atoms with Crippen LogP contribution in [0, 0.1) is 0 Å². The fourth-order valence-electron chi connectivity index (χ4n) is 1.10. The standard InChI is InChI=1S/C11H13N/c1-4-6-10-7-5-8-12-11(10)9(2)3/h4-8H,1H2,2-3H3/b10-6-. The van der Waals surface area contributed by atoms with Gasteiger partial charge in [0.2, 0.25) is 0 Å². The van der Waals surface area contributed by atoms with Crippen LogP contribution < -0.4 is 10.6 Å². The lowest BCUT2D eigenvalue weighted by atomic mass is 10.2. The third-order valence-corrected chi connectivity index (χ3v) is 1.61. The van der Waals surface area contributed by atoms with Crippen molar-refractivity contribution in [2.45, 2.75) is 13.8 Å². The second-order valence-electron chi connectivity index (χ2n) is 2.84. The van der Waals surface area contributed by atoms with Gasteiger partial charge in [0.25, 0.3) is 0 Å². The van der Waals surface area contributed by atoms with Gasteiger partial charge in [-0.3, -0.25) is 4.98 Å². The van der Waals surface area contributed by atoms with Gasteiger partial charge in [0.1, 0.15) is 0 Å². The Kier molecular flexibility index (Phi) is 2.81. The van der Waals surface area contributed by atoms with Crippen LogP contribution in [0.3, 0.4) is 0 Å². The Labute approximate surface area is 72.8 Å². The van der Waals surface area contributed by atoms with Gasteiger partial charge in [0.15, 0.2) is 0 Å². The number of hydrogen-bond acceptors (Lipinski definition) is 1. The van der Waals surface area contributed by atoms with Crippen LogP contribution in [0.4, 0.5) is 0 Å². The molecule has 0 spiro atoms. The van der Waals surface area contributed by atoms with Crippen molar-refractivity contribution in [2.75, 3.05) is 0 Å². The zero-order valence-corrected chi connectivity index (χ0v) is 7.54. The van der Waals surface area contributed by atoms with Crippen molar-refractivity contribution in [1.82, 2.24) is 4.98 Å². The van der Waals surface area contributed by atoms with Crippen LogP contribution in [0.25, 0.3) is 11.6 Å². The summed E-state index contributed by atoms with van der Waals surface area (Å²) < 4.78 is 0. The summed E-state index contributed by atoms with van der Waals surface area (Å²) in [5, 5.41) is 2.19. The average molecular weight is 159 g/mol. The molecule has 0 saturated carbocycles. The Bertz CT molecular complexity index is 384. The van der Waals surface area contributed by atoms with E-state index in [1.165, 1.54) is 5.57 Å². The maximum Gasteiger partial charge on any atom is 0.0688 e.